The summed E-state index contributed by atoms with van der Waals surface area (Å²) in [6.07, 6.45) is 5.17. The van der Waals surface area contributed by atoms with E-state index in [0.717, 1.165) is 20.9 Å². The number of primary amides is 1. The standard InChI is InChI=1S/C62H80ClN11O15S/c1-33(2)51(70-59(90)67-24-11-12-27-74-47(75)22-23-48(74)76)55(79)69-41(18-15-26-66-58(64)82)54(78)68-40-21-20-39(52-38(40)17-14-25-65-52)56(80)72(7)36(5)57(81)88-46-31-49(77)73(8)42-29-37(30-43(85-9)50(42)63)28-34(3)16-13-19-45(86-10)62(84)32-44(87-60(83)71-62)35(4)53-61(46,6)89-53/h13-14,16-17,19-23,25,29-30,33,35-36,41,44-46,51,53,84H,11-12,15,18,24,26-28,31-32H2,1-10H3,(H,68,78)(H,69,79)(H,71,83)(H3,64,66,82)(H2,67,70,90)/b19-13+,34-16+/t35-,36+,41+,44+,45-,46+,51+,53+,61+,62+/m1/s1. The SMILES string of the molecule is COc1cc2cc(c1Cl)N(C)C(=O)C[C@H](OC(=O)[C@H](C)N(C)C(=O)c1ccc(NC(=O)[C@H](CCCNC(N)=O)NC(=O)[C@@H](NC(=S)NCCCCN3C(=O)C=CC3=O)C(C)C)c3cccnc13)[C@]1(C)O[C@H]1[C@H](C)[C@@H]1C[C@@](O)(NC(=O)O1)[C@H](OC)/C=C/C=C(\C)C2. The van der Waals surface area contributed by atoms with Gasteiger partial charge in [0.1, 0.15) is 52.8 Å². The number of likely N-dealkylation sites (N-methyl/N-ethyl adjacent to an activating group) is 1. The number of amides is 9. The van der Waals surface area contributed by atoms with Gasteiger partial charge in [-0.25, -0.2) is 14.4 Å². The van der Waals surface area contributed by atoms with Gasteiger partial charge in [-0.05, 0) is 113 Å². The second-order valence-corrected chi connectivity index (χ2v) is 24.1. The molecule has 9 N–H and O–H groups in total. The van der Waals surface area contributed by atoms with Gasteiger partial charge >= 0.3 is 18.1 Å². The Bertz CT molecular complexity index is 3350. The Morgan fingerprint density at radius 1 is 1.00 bits per heavy atom. The number of carbonyl (C=O) groups is 9. The Kier molecular flexibility index (Phi) is 23.1. The molecule has 0 aliphatic carbocycles. The molecule has 0 unspecified atom stereocenters. The van der Waals surface area contributed by atoms with Crippen molar-refractivity contribution in [3.63, 3.8) is 0 Å². The lowest BCUT2D eigenvalue weighted by Crippen LogP contribution is -2.63. The molecule has 0 saturated carbocycles. The molecule has 2 saturated heterocycles. The van der Waals surface area contributed by atoms with E-state index in [1.807, 2.05) is 13.0 Å². The lowest BCUT2D eigenvalue weighted by atomic mass is 9.83. The second kappa shape index (κ2) is 30.0. The smallest absolute Gasteiger partial charge is 0.409 e. The first-order valence-corrected chi connectivity index (χ1v) is 30.4. The lowest BCUT2D eigenvalue weighted by Gasteiger charge is -2.42. The van der Waals surface area contributed by atoms with Crippen LogP contribution in [0.15, 0.2) is 78.5 Å². The van der Waals surface area contributed by atoms with Gasteiger partial charge in [-0.3, -0.25) is 44.0 Å². The average Bonchev–Trinajstić information content (AvgIpc) is 1.56. The van der Waals surface area contributed by atoms with Crippen LogP contribution in [0.25, 0.3) is 10.9 Å². The van der Waals surface area contributed by atoms with Gasteiger partial charge in [-0.2, -0.15) is 0 Å². The number of nitrogens with two attached hydrogens (primary N) is 1. The molecule has 2 fully saturated rings. The van der Waals surface area contributed by atoms with Crippen molar-refractivity contribution in [2.24, 2.45) is 17.6 Å². The summed E-state index contributed by atoms with van der Waals surface area (Å²) in [6.45, 7) is 11.0. The number of halogens is 1. The van der Waals surface area contributed by atoms with Crippen molar-refractivity contribution in [1.82, 2.24) is 41.4 Å². The highest BCUT2D eigenvalue weighted by molar-refractivity contribution is 7.80. The van der Waals surface area contributed by atoms with Crippen molar-refractivity contribution in [3.8, 4) is 5.75 Å². The maximum atomic E-state index is 14.7. The van der Waals surface area contributed by atoms with Crippen LogP contribution in [-0.2, 0) is 54.1 Å². The first-order valence-electron chi connectivity index (χ1n) is 29.6. The van der Waals surface area contributed by atoms with Crippen molar-refractivity contribution in [1.29, 1.82) is 0 Å². The van der Waals surface area contributed by atoms with Crippen LogP contribution >= 0.6 is 23.8 Å². The van der Waals surface area contributed by atoms with Crippen molar-refractivity contribution in [3.05, 3.63) is 94.7 Å². The number of benzene rings is 2. The minimum Gasteiger partial charge on any atom is -0.495 e. The quantitative estimate of drug-likeness (QED) is 0.0240. The van der Waals surface area contributed by atoms with Crippen LogP contribution in [0.1, 0.15) is 96.0 Å². The molecule has 0 spiro atoms. The number of aliphatic hydroxyl groups is 1. The molecule has 5 heterocycles. The molecule has 3 aromatic rings. The molecular formula is C62H80ClN11O15S. The second-order valence-electron chi connectivity index (χ2n) is 23.3. The van der Waals surface area contributed by atoms with E-state index < -0.39 is 108 Å². The van der Waals surface area contributed by atoms with Gasteiger partial charge in [0.05, 0.1) is 42.1 Å². The van der Waals surface area contributed by atoms with E-state index in [4.69, 9.17) is 53.2 Å². The topological polar surface area (TPSA) is 344 Å². The van der Waals surface area contributed by atoms with Crippen molar-refractivity contribution < 1.29 is 71.9 Å². The van der Waals surface area contributed by atoms with E-state index in [1.54, 1.807) is 64.1 Å². The Morgan fingerprint density at radius 2 is 1.71 bits per heavy atom. The fraction of sp³-hybridized carbons (Fsp3) is 0.500. The number of unbranched alkanes of at least 4 members (excludes halogenated alkanes) is 1. The summed E-state index contributed by atoms with van der Waals surface area (Å²) in [5.41, 5.74) is 4.31. The summed E-state index contributed by atoms with van der Waals surface area (Å²) in [7, 11) is 5.77. The van der Waals surface area contributed by atoms with Crippen molar-refractivity contribution in [2.45, 2.75) is 140 Å². The Balaban J connectivity index is 1.09. The number of rotatable bonds is 21. The number of hydrogen-bond donors (Lipinski definition) is 8. The highest BCUT2D eigenvalue weighted by Gasteiger charge is 2.64. The largest absolute Gasteiger partial charge is 0.495 e. The van der Waals surface area contributed by atoms with Gasteiger partial charge in [0, 0.05) is 76.9 Å². The predicted molar refractivity (Wildman–Crippen MR) is 337 cm³/mol. The molecule has 486 valence electrons. The monoisotopic (exact) mass is 1290 g/mol. The normalized spacial score (nSPS) is 24.5. The zero-order chi connectivity index (χ0) is 65.9. The molecular weight excluding hydrogens is 1210 g/mol. The third-order valence-electron chi connectivity index (χ3n) is 16.5. The zero-order valence-corrected chi connectivity index (χ0v) is 53.6. The van der Waals surface area contributed by atoms with Gasteiger partial charge in [-0.15, -0.1) is 0 Å². The highest BCUT2D eigenvalue weighted by atomic mass is 35.5. The number of allylic oxidation sites excluding steroid dienone is 3. The molecule has 28 heteroatoms. The molecule has 7 rings (SSSR count). The number of aromatic nitrogens is 1. The summed E-state index contributed by atoms with van der Waals surface area (Å²) in [4.78, 5) is 129. The number of epoxide rings is 1. The number of imide groups is 1. The minimum atomic E-state index is -1.93. The molecule has 0 radical (unpaired) electrons. The molecule has 4 aliphatic rings. The number of fused-ring (bicyclic) bond motifs is 6. The van der Waals surface area contributed by atoms with Gasteiger partial charge in [0.25, 0.3) is 17.7 Å². The average molecular weight is 1290 g/mol. The molecule has 1 aromatic heterocycles. The number of ether oxygens (including phenoxy) is 5. The lowest BCUT2D eigenvalue weighted by molar-refractivity contribution is -0.158. The van der Waals surface area contributed by atoms with E-state index >= 15 is 0 Å². The third kappa shape index (κ3) is 16.6. The third-order valence-corrected chi connectivity index (χ3v) is 17.2. The number of carbonyl (C=O) groups excluding carboxylic acids is 9. The number of pyridine rings is 1. The summed E-state index contributed by atoms with van der Waals surface area (Å²) < 4.78 is 29.7. The Morgan fingerprint density at radius 3 is 2.39 bits per heavy atom. The van der Waals surface area contributed by atoms with Crippen LogP contribution in [0.5, 0.6) is 5.75 Å². The molecule has 2 aromatic carbocycles. The number of esters is 1. The number of anilines is 2. The maximum absolute atomic E-state index is 14.7. The van der Waals surface area contributed by atoms with E-state index in [-0.39, 0.29) is 77.0 Å². The maximum Gasteiger partial charge on any atom is 0.409 e. The number of hydrogen-bond acceptors (Lipinski definition) is 17. The first kappa shape index (κ1) is 69.2. The molecule has 10 atom stereocenters. The number of urea groups is 1. The van der Waals surface area contributed by atoms with Gasteiger partial charge in [0.15, 0.2) is 10.8 Å². The first-order chi connectivity index (χ1) is 42.6. The Hall–Kier alpha value is -8.24. The van der Waals surface area contributed by atoms with E-state index in [2.05, 4.69) is 36.9 Å². The fourth-order valence-corrected chi connectivity index (χ4v) is 11.6. The molecule has 4 aliphatic heterocycles. The van der Waals surface area contributed by atoms with E-state index in [1.165, 1.54) is 70.6 Å². The highest BCUT2D eigenvalue weighted by Crippen LogP contribution is 2.49. The number of methoxy groups -OCH3 is 2. The number of alkyl carbamates (subject to hydrolysis) is 1. The number of thiocarbonyl (C=S) groups is 1. The summed E-state index contributed by atoms with van der Waals surface area (Å²) >= 11 is 12.4. The fourth-order valence-electron chi connectivity index (χ4n) is 11.1. The van der Waals surface area contributed by atoms with Gasteiger partial charge < -0.3 is 70.9 Å². The summed E-state index contributed by atoms with van der Waals surface area (Å²) in [5.74, 6) is -4.74. The summed E-state index contributed by atoms with van der Waals surface area (Å²) in [6, 6.07) is 5.48. The van der Waals surface area contributed by atoms with Gasteiger partial charge in [-0.1, -0.05) is 56.2 Å². The van der Waals surface area contributed by atoms with Crippen molar-refractivity contribution >= 4 is 105 Å². The molecule has 9 amide bonds. The van der Waals surface area contributed by atoms with E-state index in [9.17, 15) is 48.3 Å². The Labute approximate surface area is 532 Å². The van der Waals surface area contributed by atoms with Crippen LogP contribution in [0.2, 0.25) is 5.02 Å². The van der Waals surface area contributed by atoms with E-state index in [0.29, 0.717) is 42.6 Å². The van der Waals surface area contributed by atoms with Crippen LogP contribution in [0.3, 0.4) is 0 Å². The van der Waals surface area contributed by atoms with Crippen LogP contribution in [0, 0.1) is 11.8 Å². The molecule has 4 bridgehead atoms. The van der Waals surface area contributed by atoms with Crippen LogP contribution < -0.4 is 47.3 Å². The molecule has 90 heavy (non-hydrogen) atoms. The minimum absolute atomic E-state index is 0.0376. The number of nitrogens with zero attached hydrogens (tertiary/aromatic N) is 4. The van der Waals surface area contributed by atoms with Crippen LogP contribution in [0.4, 0.5) is 21.0 Å². The van der Waals surface area contributed by atoms with Crippen LogP contribution in [-0.4, -0.2) is 180 Å². The van der Waals surface area contributed by atoms with Gasteiger partial charge in [0.2, 0.25) is 17.7 Å². The zero-order valence-electron chi connectivity index (χ0n) is 52.0. The predicted octanol–water partition coefficient (Wildman–Crippen LogP) is 4.44. The summed E-state index contributed by atoms with van der Waals surface area (Å²) in [5, 5.41) is 29.4. The number of nitrogens with one attached hydrogen (secondary N) is 6. The molecule has 26 nitrogen and oxygen atoms in total. The van der Waals surface area contributed by atoms with Crippen molar-refractivity contribution in [2.75, 3.05) is 58.2 Å².